The zero-order chi connectivity index (χ0) is 15.4. The van der Waals surface area contributed by atoms with Crippen LogP contribution in [0, 0.1) is 0 Å². The molecule has 2 heterocycles. The van der Waals surface area contributed by atoms with E-state index in [1.807, 2.05) is 17.6 Å². The van der Waals surface area contributed by atoms with Gasteiger partial charge in [-0.05, 0) is 41.4 Å². The van der Waals surface area contributed by atoms with Crippen molar-refractivity contribution in [3.63, 3.8) is 0 Å². The molecule has 0 atom stereocenters. The van der Waals surface area contributed by atoms with Crippen molar-refractivity contribution in [2.24, 2.45) is 0 Å². The summed E-state index contributed by atoms with van der Waals surface area (Å²) in [4.78, 5) is 17.4. The number of carbonyl (C=O) groups is 1. The number of nitrogens with zero attached hydrogens (tertiary/aromatic N) is 2. The molecule has 2 aromatic rings. The summed E-state index contributed by atoms with van der Waals surface area (Å²) in [5, 5.41) is 0. The molecule has 0 unspecified atom stereocenters. The van der Waals surface area contributed by atoms with Gasteiger partial charge in [-0.1, -0.05) is 6.92 Å². The third-order valence-corrected chi connectivity index (χ3v) is 4.76. The number of rotatable bonds is 6. The van der Waals surface area contributed by atoms with Gasteiger partial charge in [-0.3, -0.25) is 0 Å². The molecule has 7 heteroatoms. The van der Waals surface area contributed by atoms with Gasteiger partial charge in [-0.25, -0.2) is 9.78 Å². The molecule has 5 nitrogen and oxygen atoms in total. The van der Waals surface area contributed by atoms with E-state index in [-0.39, 0.29) is 5.69 Å². The van der Waals surface area contributed by atoms with E-state index in [0.29, 0.717) is 19.0 Å². The Labute approximate surface area is 136 Å². The highest BCUT2D eigenvalue weighted by molar-refractivity contribution is 9.11. The van der Waals surface area contributed by atoms with Gasteiger partial charge in [0.1, 0.15) is 11.6 Å². The molecule has 0 bridgehead atoms. The second-order valence-corrected chi connectivity index (χ2v) is 6.99. The zero-order valence-corrected chi connectivity index (χ0v) is 14.5. The van der Waals surface area contributed by atoms with Crippen LogP contribution in [-0.2, 0) is 24.1 Å². The Hall–Kier alpha value is -1.34. The molecule has 0 aliphatic rings. The molecule has 0 saturated heterocycles. The lowest BCUT2D eigenvalue weighted by Crippen LogP contribution is -2.11. The van der Waals surface area contributed by atoms with Crippen LogP contribution in [0.3, 0.4) is 0 Å². The third-order valence-electron chi connectivity index (χ3n) is 3.08. The first kappa shape index (κ1) is 16.0. The molecule has 2 aromatic heterocycles. The normalized spacial score (nSPS) is 10.8. The minimum absolute atomic E-state index is 0.223. The number of esters is 1. The SMILES string of the molecule is CCOC(=O)c1nc(CC)n(CCc2ccc(Br)s2)c1N. The number of hydrogen-bond acceptors (Lipinski definition) is 5. The number of carbonyl (C=O) groups excluding carboxylic acids is 1. The van der Waals surface area contributed by atoms with Crippen molar-refractivity contribution in [3.05, 3.63) is 32.3 Å². The van der Waals surface area contributed by atoms with E-state index in [0.717, 1.165) is 22.5 Å². The van der Waals surface area contributed by atoms with Gasteiger partial charge in [0.25, 0.3) is 0 Å². The summed E-state index contributed by atoms with van der Waals surface area (Å²) in [7, 11) is 0. The van der Waals surface area contributed by atoms with Crippen LogP contribution < -0.4 is 5.73 Å². The third kappa shape index (κ3) is 3.65. The predicted octanol–water partition coefficient (Wildman–Crippen LogP) is 3.27. The molecule has 21 heavy (non-hydrogen) atoms. The van der Waals surface area contributed by atoms with E-state index < -0.39 is 5.97 Å². The van der Waals surface area contributed by atoms with E-state index in [1.165, 1.54) is 4.88 Å². The smallest absolute Gasteiger partial charge is 0.360 e. The summed E-state index contributed by atoms with van der Waals surface area (Å²) < 4.78 is 8.00. The predicted molar refractivity (Wildman–Crippen MR) is 87.7 cm³/mol. The highest BCUT2D eigenvalue weighted by Crippen LogP contribution is 2.24. The van der Waals surface area contributed by atoms with E-state index in [9.17, 15) is 4.79 Å². The fourth-order valence-corrected chi connectivity index (χ4v) is 3.56. The number of thiophene rings is 1. The molecular weight excluding hydrogens is 354 g/mol. The largest absolute Gasteiger partial charge is 0.461 e. The molecule has 114 valence electrons. The zero-order valence-electron chi connectivity index (χ0n) is 12.1. The van der Waals surface area contributed by atoms with E-state index in [1.54, 1.807) is 18.3 Å². The van der Waals surface area contributed by atoms with Crippen molar-refractivity contribution < 1.29 is 9.53 Å². The molecule has 0 amide bonds. The van der Waals surface area contributed by atoms with Gasteiger partial charge in [0, 0.05) is 17.8 Å². The molecule has 0 spiro atoms. The quantitative estimate of drug-likeness (QED) is 0.791. The number of imidazole rings is 1. The lowest BCUT2D eigenvalue weighted by molar-refractivity contribution is 0.0521. The minimum Gasteiger partial charge on any atom is -0.461 e. The molecule has 2 N–H and O–H groups in total. The summed E-state index contributed by atoms with van der Waals surface area (Å²) >= 11 is 5.15. The van der Waals surface area contributed by atoms with Gasteiger partial charge in [0.15, 0.2) is 5.69 Å². The Kier molecular flexibility index (Phi) is 5.41. The van der Waals surface area contributed by atoms with Crippen LogP contribution in [-0.4, -0.2) is 22.1 Å². The van der Waals surface area contributed by atoms with E-state index in [4.69, 9.17) is 10.5 Å². The Morgan fingerprint density at radius 2 is 2.24 bits per heavy atom. The fourth-order valence-electron chi connectivity index (χ4n) is 2.09. The van der Waals surface area contributed by atoms with Gasteiger partial charge < -0.3 is 15.0 Å². The average molecular weight is 372 g/mol. The van der Waals surface area contributed by atoms with Gasteiger partial charge in [-0.2, -0.15) is 0 Å². The van der Waals surface area contributed by atoms with Crippen LogP contribution in [0.15, 0.2) is 15.9 Å². The number of nitrogens with two attached hydrogens (primary N) is 1. The maximum Gasteiger partial charge on any atom is 0.360 e. The van der Waals surface area contributed by atoms with E-state index >= 15 is 0 Å². The molecule has 0 saturated carbocycles. The number of aryl methyl sites for hydroxylation is 2. The maximum absolute atomic E-state index is 11.8. The highest BCUT2D eigenvalue weighted by Gasteiger charge is 2.20. The second-order valence-electron chi connectivity index (χ2n) is 4.44. The van der Waals surface area contributed by atoms with Crippen molar-refractivity contribution in [2.45, 2.75) is 33.2 Å². The van der Waals surface area contributed by atoms with Crippen molar-refractivity contribution in [2.75, 3.05) is 12.3 Å². The monoisotopic (exact) mass is 371 g/mol. The van der Waals surface area contributed by atoms with Gasteiger partial charge in [-0.15, -0.1) is 11.3 Å². The van der Waals surface area contributed by atoms with Crippen LogP contribution in [0.25, 0.3) is 0 Å². The van der Waals surface area contributed by atoms with Crippen LogP contribution >= 0.6 is 27.3 Å². The number of anilines is 1. The van der Waals surface area contributed by atoms with Gasteiger partial charge in [0.2, 0.25) is 0 Å². The van der Waals surface area contributed by atoms with Gasteiger partial charge >= 0.3 is 5.97 Å². The fraction of sp³-hybridized carbons (Fsp3) is 0.429. The van der Waals surface area contributed by atoms with Crippen molar-refractivity contribution in [3.8, 4) is 0 Å². The molecule has 0 aliphatic heterocycles. The van der Waals surface area contributed by atoms with Crippen LogP contribution in [0.4, 0.5) is 5.82 Å². The summed E-state index contributed by atoms with van der Waals surface area (Å²) in [5.41, 5.74) is 6.30. The Morgan fingerprint density at radius 3 is 2.81 bits per heavy atom. The number of aromatic nitrogens is 2. The number of hydrogen-bond donors (Lipinski definition) is 1. The molecule has 0 fully saturated rings. The second kappa shape index (κ2) is 7.09. The minimum atomic E-state index is -0.456. The molecule has 0 radical (unpaired) electrons. The summed E-state index contributed by atoms with van der Waals surface area (Å²) in [5.74, 6) is 0.745. The van der Waals surface area contributed by atoms with Crippen LogP contribution in [0.1, 0.15) is 35.0 Å². The Bertz CT molecular complexity index is 636. The standard InChI is InChI=1S/C14H18BrN3O2S/c1-3-11-17-12(14(19)20-4-2)13(16)18(11)8-7-9-5-6-10(15)21-9/h5-6H,3-4,7-8,16H2,1-2H3. The lowest BCUT2D eigenvalue weighted by atomic mass is 10.3. The number of ether oxygens (including phenoxy) is 1. The Morgan fingerprint density at radius 1 is 1.48 bits per heavy atom. The van der Waals surface area contributed by atoms with Gasteiger partial charge in [0.05, 0.1) is 10.4 Å². The number of halogens is 1. The van der Waals surface area contributed by atoms with Crippen LogP contribution in [0.5, 0.6) is 0 Å². The number of nitrogen functional groups attached to an aromatic ring is 1. The molecule has 2 rings (SSSR count). The summed E-state index contributed by atoms with van der Waals surface area (Å²) in [6.07, 6.45) is 1.57. The first-order valence-electron chi connectivity index (χ1n) is 6.83. The first-order valence-corrected chi connectivity index (χ1v) is 8.43. The summed E-state index contributed by atoms with van der Waals surface area (Å²) in [6, 6.07) is 4.11. The average Bonchev–Trinajstić information content (AvgIpc) is 3.00. The van der Waals surface area contributed by atoms with Crippen molar-refractivity contribution in [1.29, 1.82) is 0 Å². The Balaban J connectivity index is 2.19. The first-order chi connectivity index (χ1) is 10.1. The summed E-state index contributed by atoms with van der Waals surface area (Å²) in [6.45, 7) is 4.78. The van der Waals surface area contributed by atoms with Crippen molar-refractivity contribution >= 4 is 39.1 Å². The van der Waals surface area contributed by atoms with Crippen LogP contribution in [0.2, 0.25) is 0 Å². The van der Waals surface area contributed by atoms with Crippen molar-refractivity contribution in [1.82, 2.24) is 9.55 Å². The molecular formula is C14H18BrN3O2S. The maximum atomic E-state index is 11.8. The molecule has 0 aliphatic carbocycles. The highest BCUT2D eigenvalue weighted by atomic mass is 79.9. The lowest BCUT2D eigenvalue weighted by Gasteiger charge is -2.07. The molecule has 0 aromatic carbocycles. The van der Waals surface area contributed by atoms with E-state index in [2.05, 4.69) is 27.0 Å². The topological polar surface area (TPSA) is 70.1 Å².